The zero-order chi connectivity index (χ0) is 15.0. The lowest BCUT2D eigenvalue weighted by Crippen LogP contribution is -2.32. The van der Waals surface area contributed by atoms with Crippen LogP contribution >= 0.6 is 11.3 Å². The van der Waals surface area contributed by atoms with Gasteiger partial charge in [0.25, 0.3) is 0 Å². The minimum absolute atomic E-state index is 0.0231. The van der Waals surface area contributed by atoms with E-state index < -0.39 is 12.0 Å². The number of fused-ring (bicyclic) bond motifs is 2. The third-order valence-corrected chi connectivity index (χ3v) is 4.56. The summed E-state index contributed by atoms with van der Waals surface area (Å²) in [5, 5.41) is 10.2. The number of hydrogen-bond acceptors (Lipinski definition) is 4. The molecule has 3 N–H and O–H groups in total. The number of carbonyl (C=O) groups is 1. The van der Waals surface area contributed by atoms with Crippen LogP contribution in [0.1, 0.15) is 5.56 Å². The minimum Gasteiger partial charge on any atom is -0.480 e. The predicted molar refractivity (Wildman–Crippen MR) is 84.9 cm³/mol. The Morgan fingerprint density at radius 2 is 1.86 bits per heavy atom. The molecule has 21 heavy (non-hydrogen) atoms. The molecule has 0 saturated carbocycles. The Morgan fingerprint density at radius 3 is 2.62 bits per heavy atom. The summed E-state index contributed by atoms with van der Waals surface area (Å²) in [6.07, 6.45) is 0.211. The summed E-state index contributed by atoms with van der Waals surface area (Å²) in [5.74, 6) is -1.04. The van der Waals surface area contributed by atoms with Gasteiger partial charge in [-0.05, 0) is 36.2 Å². The van der Waals surface area contributed by atoms with E-state index in [-0.39, 0.29) is 11.8 Å². The fraction of sp³-hybridized carbons (Fsp3) is 0.125. The van der Waals surface area contributed by atoms with Gasteiger partial charge in [0.2, 0.25) is 0 Å². The Kier molecular flexibility index (Phi) is 3.45. The van der Waals surface area contributed by atoms with Crippen molar-refractivity contribution in [1.29, 1.82) is 0 Å². The van der Waals surface area contributed by atoms with Crippen LogP contribution in [0.15, 0.2) is 47.3 Å². The van der Waals surface area contributed by atoms with Gasteiger partial charge in [0, 0.05) is 20.2 Å². The smallest absolute Gasteiger partial charge is 0.320 e. The highest BCUT2D eigenvalue weighted by molar-refractivity contribution is 7.24. The van der Waals surface area contributed by atoms with Gasteiger partial charge in [-0.15, -0.1) is 11.3 Å². The normalized spacial score (nSPS) is 12.6. The fourth-order valence-corrected chi connectivity index (χ4v) is 3.37. The molecule has 0 aliphatic carbocycles. The largest absolute Gasteiger partial charge is 0.480 e. The SMILES string of the molecule is N[C@@H](Cc1ccc2sc3ccccc3c(=O)c2c1)C(=O)O. The summed E-state index contributed by atoms with van der Waals surface area (Å²) in [5.41, 5.74) is 6.28. The number of benzene rings is 2. The van der Waals surface area contributed by atoms with Gasteiger partial charge in [-0.25, -0.2) is 0 Å². The Morgan fingerprint density at radius 1 is 1.14 bits per heavy atom. The first-order chi connectivity index (χ1) is 10.1. The second-order valence-corrected chi connectivity index (χ2v) is 5.99. The molecule has 0 fully saturated rings. The molecule has 1 atom stereocenters. The number of aliphatic carboxylic acids is 1. The van der Waals surface area contributed by atoms with E-state index >= 15 is 0 Å². The van der Waals surface area contributed by atoms with Crippen molar-refractivity contribution in [1.82, 2.24) is 0 Å². The van der Waals surface area contributed by atoms with Crippen molar-refractivity contribution in [2.75, 3.05) is 0 Å². The molecule has 1 heterocycles. The van der Waals surface area contributed by atoms with Gasteiger partial charge in [0.15, 0.2) is 5.43 Å². The minimum atomic E-state index is -1.04. The maximum atomic E-state index is 12.5. The molecule has 0 unspecified atom stereocenters. The lowest BCUT2D eigenvalue weighted by molar-refractivity contribution is -0.138. The summed E-state index contributed by atoms with van der Waals surface area (Å²) < 4.78 is 1.84. The molecular weight excluding hydrogens is 286 g/mol. The molecule has 0 bridgehead atoms. The van der Waals surface area contributed by atoms with Crippen molar-refractivity contribution in [2.24, 2.45) is 5.73 Å². The second-order valence-electron chi connectivity index (χ2n) is 4.91. The number of carboxylic acids is 1. The maximum absolute atomic E-state index is 12.5. The zero-order valence-electron chi connectivity index (χ0n) is 11.1. The molecule has 2 aromatic carbocycles. The van der Waals surface area contributed by atoms with E-state index in [9.17, 15) is 9.59 Å². The van der Waals surface area contributed by atoms with Gasteiger partial charge in [0.05, 0.1) is 0 Å². The van der Waals surface area contributed by atoms with E-state index in [2.05, 4.69) is 0 Å². The molecule has 4 nitrogen and oxygen atoms in total. The van der Waals surface area contributed by atoms with E-state index in [0.717, 1.165) is 15.0 Å². The summed E-state index contributed by atoms with van der Waals surface area (Å²) in [6.45, 7) is 0. The quantitative estimate of drug-likeness (QED) is 0.728. The molecule has 0 spiro atoms. The molecule has 0 amide bonds. The Hall–Kier alpha value is -2.24. The zero-order valence-corrected chi connectivity index (χ0v) is 11.9. The number of rotatable bonds is 3. The van der Waals surface area contributed by atoms with Crippen LogP contribution in [-0.4, -0.2) is 17.1 Å². The number of nitrogens with two attached hydrogens (primary N) is 1. The van der Waals surface area contributed by atoms with Crippen LogP contribution in [-0.2, 0) is 11.2 Å². The fourth-order valence-electron chi connectivity index (χ4n) is 2.32. The Bertz CT molecular complexity index is 901. The van der Waals surface area contributed by atoms with Crippen molar-refractivity contribution in [3.8, 4) is 0 Å². The third kappa shape index (κ3) is 2.53. The van der Waals surface area contributed by atoms with Crippen molar-refractivity contribution >= 4 is 37.5 Å². The average Bonchev–Trinajstić information content (AvgIpc) is 2.48. The molecule has 0 aliphatic heterocycles. The van der Waals surface area contributed by atoms with Gasteiger partial charge in [-0.2, -0.15) is 0 Å². The highest BCUT2D eigenvalue weighted by Gasteiger charge is 2.13. The van der Waals surface area contributed by atoms with Crippen LogP contribution in [0.4, 0.5) is 0 Å². The first kappa shape index (κ1) is 13.7. The number of carboxylic acid groups (broad SMARTS) is 1. The van der Waals surface area contributed by atoms with Gasteiger partial charge in [-0.1, -0.05) is 18.2 Å². The highest BCUT2D eigenvalue weighted by Crippen LogP contribution is 2.25. The standard InChI is InChI=1S/C16H13NO3S/c17-12(16(19)20)8-9-5-6-14-11(7-9)15(18)10-3-1-2-4-13(10)21-14/h1-7,12H,8,17H2,(H,19,20)/t12-/m0/s1. The van der Waals surface area contributed by atoms with Crippen molar-refractivity contribution in [3.63, 3.8) is 0 Å². The maximum Gasteiger partial charge on any atom is 0.320 e. The Labute approximate surface area is 124 Å². The van der Waals surface area contributed by atoms with Gasteiger partial charge in [0.1, 0.15) is 6.04 Å². The summed E-state index contributed by atoms with van der Waals surface area (Å²) in [4.78, 5) is 23.3. The van der Waals surface area contributed by atoms with Crippen molar-refractivity contribution in [2.45, 2.75) is 12.5 Å². The van der Waals surface area contributed by atoms with E-state index in [1.165, 1.54) is 0 Å². The van der Waals surface area contributed by atoms with E-state index in [1.54, 1.807) is 17.4 Å². The lowest BCUT2D eigenvalue weighted by Gasteiger charge is -2.07. The van der Waals surface area contributed by atoms with Crippen molar-refractivity contribution in [3.05, 3.63) is 58.3 Å². The van der Waals surface area contributed by atoms with Crippen LogP contribution in [0.25, 0.3) is 20.2 Å². The summed E-state index contributed by atoms with van der Waals surface area (Å²) >= 11 is 1.55. The highest BCUT2D eigenvalue weighted by atomic mass is 32.1. The number of hydrogen-bond donors (Lipinski definition) is 2. The van der Waals surface area contributed by atoms with Gasteiger partial charge >= 0.3 is 5.97 Å². The van der Waals surface area contributed by atoms with E-state index in [1.807, 2.05) is 36.4 Å². The van der Waals surface area contributed by atoms with Crippen LogP contribution in [0.2, 0.25) is 0 Å². The van der Waals surface area contributed by atoms with Crippen molar-refractivity contribution < 1.29 is 9.90 Å². The van der Waals surface area contributed by atoms with E-state index in [4.69, 9.17) is 10.8 Å². The molecule has 3 aromatic rings. The van der Waals surface area contributed by atoms with Crippen LogP contribution in [0.3, 0.4) is 0 Å². The molecule has 3 rings (SSSR count). The summed E-state index contributed by atoms with van der Waals surface area (Å²) in [6, 6.07) is 12.0. The molecule has 0 saturated heterocycles. The molecule has 1 aromatic heterocycles. The van der Waals surface area contributed by atoms with Crippen LogP contribution in [0, 0.1) is 0 Å². The van der Waals surface area contributed by atoms with Crippen LogP contribution < -0.4 is 11.2 Å². The second kappa shape index (κ2) is 5.27. The lowest BCUT2D eigenvalue weighted by atomic mass is 10.0. The first-order valence-electron chi connectivity index (χ1n) is 6.49. The molecular formula is C16H13NO3S. The van der Waals surface area contributed by atoms with Gasteiger partial charge < -0.3 is 10.8 Å². The third-order valence-electron chi connectivity index (χ3n) is 3.41. The molecule has 106 valence electrons. The van der Waals surface area contributed by atoms with Gasteiger partial charge in [-0.3, -0.25) is 9.59 Å². The average molecular weight is 299 g/mol. The summed E-state index contributed by atoms with van der Waals surface area (Å²) in [7, 11) is 0. The topological polar surface area (TPSA) is 80.4 Å². The molecule has 0 radical (unpaired) electrons. The Balaban J connectivity index is 2.17. The van der Waals surface area contributed by atoms with E-state index in [0.29, 0.717) is 10.8 Å². The monoisotopic (exact) mass is 299 g/mol. The first-order valence-corrected chi connectivity index (χ1v) is 7.31. The van der Waals surface area contributed by atoms with Crippen LogP contribution in [0.5, 0.6) is 0 Å². The molecule has 0 aliphatic rings. The predicted octanol–water partition coefficient (Wildman–Crippen LogP) is 2.37. The molecule has 5 heteroatoms.